The number of aryl methyl sites for hydroxylation is 1. The fraction of sp³-hybridized carbons (Fsp3) is 0.182. The van der Waals surface area contributed by atoms with Crippen molar-refractivity contribution in [2.24, 2.45) is 0 Å². The normalized spacial score (nSPS) is 10.7. The zero-order valence-corrected chi connectivity index (χ0v) is 11.4. The summed E-state index contributed by atoms with van der Waals surface area (Å²) in [6.45, 7) is 1.78. The molecule has 0 aliphatic carbocycles. The lowest BCUT2D eigenvalue weighted by Crippen LogP contribution is -2.07. The lowest BCUT2D eigenvalue weighted by Gasteiger charge is -2.06. The van der Waals surface area contributed by atoms with Crippen LogP contribution in [0.3, 0.4) is 0 Å². The van der Waals surface area contributed by atoms with Gasteiger partial charge in [0.25, 0.3) is 0 Å². The number of hydrogen-bond donors (Lipinski definition) is 1. The van der Waals surface area contributed by atoms with Crippen molar-refractivity contribution in [2.75, 3.05) is 5.73 Å². The van der Waals surface area contributed by atoms with E-state index in [4.69, 9.17) is 28.9 Å². The standard InChI is InChI=1S/C11H10Cl2N4O2/c1-6-10(17(18)19)11(14)16(15-6)5-7-2-3-8(12)4-9(7)13/h2-4H,5,14H2,1H3. The molecule has 1 aromatic carbocycles. The predicted octanol–water partition coefficient (Wildman–Crippen LogP) is 3.04. The highest BCUT2D eigenvalue weighted by atomic mass is 35.5. The van der Waals surface area contributed by atoms with Crippen molar-refractivity contribution in [3.63, 3.8) is 0 Å². The fourth-order valence-electron chi connectivity index (χ4n) is 1.75. The van der Waals surface area contributed by atoms with Crippen LogP contribution in [0.1, 0.15) is 11.3 Å². The molecule has 1 aromatic heterocycles. The number of benzene rings is 1. The number of anilines is 1. The molecule has 6 nitrogen and oxygen atoms in total. The monoisotopic (exact) mass is 300 g/mol. The molecule has 2 aromatic rings. The number of nitrogens with two attached hydrogens (primary N) is 1. The third-order valence-corrected chi connectivity index (χ3v) is 3.24. The molecular weight excluding hydrogens is 291 g/mol. The van der Waals surface area contributed by atoms with Crippen LogP contribution in [0, 0.1) is 17.0 Å². The minimum Gasteiger partial charge on any atom is -0.378 e. The van der Waals surface area contributed by atoms with E-state index < -0.39 is 4.92 Å². The van der Waals surface area contributed by atoms with E-state index in [1.165, 1.54) is 11.6 Å². The first-order valence-electron chi connectivity index (χ1n) is 5.31. The summed E-state index contributed by atoms with van der Waals surface area (Å²) in [5.41, 5.74) is 6.55. The maximum absolute atomic E-state index is 10.8. The van der Waals surface area contributed by atoms with Crippen molar-refractivity contribution in [2.45, 2.75) is 13.5 Å². The van der Waals surface area contributed by atoms with Crippen LogP contribution in [0.5, 0.6) is 0 Å². The molecule has 0 bridgehead atoms. The van der Waals surface area contributed by atoms with Gasteiger partial charge in [0.15, 0.2) is 0 Å². The van der Waals surface area contributed by atoms with E-state index in [1.54, 1.807) is 18.2 Å². The van der Waals surface area contributed by atoms with E-state index in [0.717, 1.165) is 5.56 Å². The SMILES string of the molecule is Cc1nn(Cc2ccc(Cl)cc2Cl)c(N)c1[N+](=O)[O-]. The molecule has 0 amide bonds. The lowest BCUT2D eigenvalue weighted by atomic mass is 10.2. The minimum atomic E-state index is -0.544. The highest BCUT2D eigenvalue weighted by molar-refractivity contribution is 6.35. The summed E-state index contributed by atoms with van der Waals surface area (Å²) in [6, 6.07) is 5.01. The fourth-order valence-corrected chi connectivity index (χ4v) is 2.22. The quantitative estimate of drug-likeness (QED) is 0.697. The van der Waals surface area contributed by atoms with Crippen molar-refractivity contribution in [1.82, 2.24) is 9.78 Å². The first kappa shape index (κ1) is 13.6. The summed E-state index contributed by atoms with van der Waals surface area (Å²) < 4.78 is 1.35. The van der Waals surface area contributed by atoms with E-state index >= 15 is 0 Å². The Labute approximate surface area is 118 Å². The van der Waals surface area contributed by atoms with Crippen LogP contribution >= 0.6 is 23.2 Å². The smallest absolute Gasteiger partial charge is 0.333 e. The van der Waals surface area contributed by atoms with Crippen molar-refractivity contribution < 1.29 is 4.92 Å². The minimum absolute atomic E-state index is 0.00789. The van der Waals surface area contributed by atoms with E-state index in [0.29, 0.717) is 10.0 Å². The highest BCUT2D eigenvalue weighted by Gasteiger charge is 2.23. The average Bonchev–Trinajstić information content (AvgIpc) is 2.58. The molecule has 1 heterocycles. The molecule has 0 radical (unpaired) electrons. The summed E-state index contributed by atoms with van der Waals surface area (Å²) in [7, 11) is 0. The van der Waals surface area contributed by atoms with Gasteiger partial charge in [-0.25, -0.2) is 4.68 Å². The summed E-state index contributed by atoms with van der Waals surface area (Å²) >= 11 is 11.8. The largest absolute Gasteiger partial charge is 0.378 e. The Hall–Kier alpha value is -1.79. The molecule has 100 valence electrons. The van der Waals surface area contributed by atoms with Crippen LogP contribution in [0.25, 0.3) is 0 Å². The number of nitrogens with zero attached hydrogens (tertiary/aromatic N) is 3. The van der Waals surface area contributed by atoms with Gasteiger partial charge in [-0.1, -0.05) is 29.3 Å². The number of halogens is 2. The molecule has 0 spiro atoms. The van der Waals surface area contributed by atoms with Gasteiger partial charge in [-0.2, -0.15) is 5.10 Å². The highest BCUT2D eigenvalue weighted by Crippen LogP contribution is 2.27. The number of nitro groups is 1. The molecule has 2 N–H and O–H groups in total. The first-order chi connectivity index (χ1) is 8.90. The second-order valence-electron chi connectivity index (χ2n) is 3.97. The van der Waals surface area contributed by atoms with Gasteiger partial charge < -0.3 is 5.73 Å². The van der Waals surface area contributed by atoms with E-state index in [1.807, 2.05) is 0 Å². The Kier molecular flexibility index (Phi) is 3.64. The van der Waals surface area contributed by atoms with Gasteiger partial charge in [0, 0.05) is 10.0 Å². The molecule has 0 atom stereocenters. The summed E-state index contributed by atoms with van der Waals surface area (Å²) in [5.74, 6) is 0.00789. The second kappa shape index (κ2) is 5.07. The maximum Gasteiger partial charge on any atom is 0.333 e. The molecule has 0 unspecified atom stereocenters. The number of nitrogen functional groups attached to an aromatic ring is 1. The van der Waals surface area contributed by atoms with Crippen LogP contribution in [0.4, 0.5) is 11.5 Å². The first-order valence-corrected chi connectivity index (χ1v) is 6.07. The predicted molar refractivity (Wildman–Crippen MR) is 73.6 cm³/mol. The van der Waals surface area contributed by atoms with Gasteiger partial charge in [-0.3, -0.25) is 10.1 Å². The molecule has 0 fully saturated rings. The Bertz CT molecular complexity index is 654. The molecule has 0 aliphatic heterocycles. The van der Waals surface area contributed by atoms with E-state index in [2.05, 4.69) is 5.10 Å². The average molecular weight is 301 g/mol. The van der Waals surface area contributed by atoms with Gasteiger partial charge in [0.2, 0.25) is 5.82 Å². The van der Waals surface area contributed by atoms with Gasteiger partial charge >= 0.3 is 5.69 Å². The Balaban J connectivity index is 2.39. The van der Waals surface area contributed by atoms with Crippen molar-refractivity contribution in [3.05, 3.63) is 49.6 Å². The summed E-state index contributed by atoms with van der Waals surface area (Å²) in [4.78, 5) is 10.3. The van der Waals surface area contributed by atoms with Crippen molar-refractivity contribution in [3.8, 4) is 0 Å². The van der Waals surface area contributed by atoms with Crippen LogP contribution < -0.4 is 5.73 Å². The summed E-state index contributed by atoms with van der Waals surface area (Å²) in [6.07, 6.45) is 0. The Morgan fingerprint density at radius 2 is 2.16 bits per heavy atom. The Morgan fingerprint density at radius 3 is 2.68 bits per heavy atom. The van der Waals surface area contributed by atoms with Crippen LogP contribution in [-0.2, 0) is 6.54 Å². The molecule has 0 saturated heterocycles. The molecule has 0 aliphatic rings. The molecule has 0 saturated carbocycles. The number of hydrogen-bond acceptors (Lipinski definition) is 4. The van der Waals surface area contributed by atoms with Crippen LogP contribution in [-0.4, -0.2) is 14.7 Å². The molecule has 2 rings (SSSR count). The third-order valence-electron chi connectivity index (χ3n) is 2.65. The second-order valence-corrected chi connectivity index (χ2v) is 4.81. The zero-order valence-electron chi connectivity index (χ0n) is 9.93. The van der Waals surface area contributed by atoms with Gasteiger partial charge in [-0.05, 0) is 24.6 Å². The van der Waals surface area contributed by atoms with E-state index in [-0.39, 0.29) is 23.7 Å². The molecule has 8 heteroatoms. The zero-order chi connectivity index (χ0) is 14.2. The topological polar surface area (TPSA) is 87.0 Å². The van der Waals surface area contributed by atoms with Crippen molar-refractivity contribution in [1.29, 1.82) is 0 Å². The maximum atomic E-state index is 10.8. The molecule has 19 heavy (non-hydrogen) atoms. The molecular formula is C11H10Cl2N4O2. The third kappa shape index (κ3) is 2.64. The van der Waals surface area contributed by atoms with Gasteiger partial charge in [0.05, 0.1) is 11.5 Å². The van der Waals surface area contributed by atoms with Crippen molar-refractivity contribution >= 4 is 34.7 Å². The van der Waals surface area contributed by atoms with E-state index in [9.17, 15) is 10.1 Å². The van der Waals surface area contributed by atoms with Crippen LogP contribution in [0.15, 0.2) is 18.2 Å². The van der Waals surface area contributed by atoms with Gasteiger partial charge in [0.1, 0.15) is 5.69 Å². The number of aromatic nitrogens is 2. The van der Waals surface area contributed by atoms with Gasteiger partial charge in [-0.15, -0.1) is 0 Å². The summed E-state index contributed by atoms with van der Waals surface area (Å²) in [5, 5.41) is 15.9. The van der Waals surface area contributed by atoms with Crippen LogP contribution in [0.2, 0.25) is 10.0 Å². The lowest BCUT2D eigenvalue weighted by molar-refractivity contribution is -0.384. The number of rotatable bonds is 3. The Morgan fingerprint density at radius 1 is 1.47 bits per heavy atom.